The van der Waals surface area contributed by atoms with E-state index in [0.29, 0.717) is 27.4 Å². The van der Waals surface area contributed by atoms with E-state index >= 15 is 0 Å². The third-order valence-electron chi connectivity index (χ3n) is 2.52. The van der Waals surface area contributed by atoms with E-state index in [4.69, 9.17) is 9.47 Å². The van der Waals surface area contributed by atoms with Crippen molar-refractivity contribution in [2.24, 2.45) is 0 Å². The maximum atomic E-state index is 12.3. The van der Waals surface area contributed by atoms with Gasteiger partial charge in [-0.2, -0.15) is 4.98 Å². The fraction of sp³-hybridized carbons (Fsp3) is 0.250. The number of hydrogen-bond donors (Lipinski definition) is 2. The average molecular weight is 341 g/mol. The second-order valence-corrected chi connectivity index (χ2v) is 4.74. The van der Waals surface area contributed by atoms with Gasteiger partial charge in [0, 0.05) is 0 Å². The molecule has 2 aromatic rings. The topological polar surface area (TPSA) is 89.1 Å². The Balaban J connectivity index is 2.35. The molecule has 7 nitrogen and oxygen atoms in total. The molecule has 1 amide bonds. The molecule has 8 heteroatoms. The highest BCUT2D eigenvalue weighted by molar-refractivity contribution is 9.10. The lowest BCUT2D eigenvalue weighted by Crippen LogP contribution is -2.14. The molecule has 0 aliphatic rings. The van der Waals surface area contributed by atoms with Gasteiger partial charge in [0.2, 0.25) is 5.95 Å². The Labute approximate surface area is 123 Å². The van der Waals surface area contributed by atoms with Crippen LogP contribution < -0.4 is 14.8 Å². The molecule has 0 saturated heterocycles. The van der Waals surface area contributed by atoms with Crippen LogP contribution in [0.3, 0.4) is 0 Å². The fourth-order valence-corrected chi connectivity index (χ4v) is 2.23. The molecule has 0 saturated carbocycles. The first kappa shape index (κ1) is 14.3. The maximum Gasteiger partial charge on any atom is 0.262 e. The van der Waals surface area contributed by atoms with Gasteiger partial charge >= 0.3 is 0 Å². The van der Waals surface area contributed by atoms with E-state index in [1.165, 1.54) is 14.2 Å². The van der Waals surface area contributed by atoms with Crippen LogP contribution in [0, 0.1) is 6.92 Å². The molecule has 1 aromatic carbocycles. The third kappa shape index (κ3) is 2.90. The number of benzene rings is 1. The summed E-state index contributed by atoms with van der Waals surface area (Å²) in [6.45, 7) is 1.74. The summed E-state index contributed by atoms with van der Waals surface area (Å²) < 4.78 is 11.0. The monoisotopic (exact) mass is 340 g/mol. The minimum Gasteiger partial charge on any atom is -0.497 e. The molecule has 0 aliphatic heterocycles. The van der Waals surface area contributed by atoms with Crippen LogP contribution in [0.2, 0.25) is 0 Å². The molecular weight excluding hydrogens is 328 g/mol. The summed E-state index contributed by atoms with van der Waals surface area (Å²) in [4.78, 5) is 16.3. The largest absolute Gasteiger partial charge is 0.497 e. The number of halogens is 1. The molecule has 106 valence electrons. The molecule has 0 spiro atoms. The number of aromatic amines is 1. The van der Waals surface area contributed by atoms with Crippen LogP contribution in [-0.4, -0.2) is 35.3 Å². The predicted molar refractivity (Wildman–Crippen MR) is 76.3 cm³/mol. The normalized spacial score (nSPS) is 10.2. The van der Waals surface area contributed by atoms with Gasteiger partial charge in [0.1, 0.15) is 17.3 Å². The number of rotatable bonds is 4. The molecule has 20 heavy (non-hydrogen) atoms. The molecule has 1 heterocycles. The Bertz CT molecular complexity index is 642. The van der Waals surface area contributed by atoms with Crippen LogP contribution >= 0.6 is 15.9 Å². The summed E-state index contributed by atoms with van der Waals surface area (Å²) in [6, 6.07) is 3.30. The van der Waals surface area contributed by atoms with E-state index in [-0.39, 0.29) is 11.9 Å². The Morgan fingerprint density at radius 3 is 2.65 bits per heavy atom. The van der Waals surface area contributed by atoms with Gasteiger partial charge < -0.3 is 9.47 Å². The van der Waals surface area contributed by atoms with Gasteiger partial charge in [-0.1, -0.05) is 0 Å². The molecule has 2 rings (SSSR count). The number of methoxy groups -OCH3 is 2. The lowest BCUT2D eigenvalue weighted by Gasteiger charge is -2.11. The highest BCUT2D eigenvalue weighted by atomic mass is 79.9. The minimum absolute atomic E-state index is 0.202. The van der Waals surface area contributed by atoms with Crippen molar-refractivity contribution in [2.75, 3.05) is 19.5 Å². The highest BCUT2D eigenvalue weighted by Crippen LogP contribution is 2.33. The van der Waals surface area contributed by atoms with Gasteiger partial charge in [-0.05, 0) is 35.0 Å². The fourth-order valence-electron chi connectivity index (χ4n) is 1.63. The van der Waals surface area contributed by atoms with E-state index in [1.807, 2.05) is 0 Å². The lowest BCUT2D eigenvalue weighted by molar-refractivity contribution is 0.102. The van der Waals surface area contributed by atoms with Crippen molar-refractivity contribution < 1.29 is 14.3 Å². The number of hydrogen-bond acceptors (Lipinski definition) is 5. The second kappa shape index (κ2) is 5.91. The van der Waals surface area contributed by atoms with Crippen LogP contribution in [0.4, 0.5) is 5.95 Å². The number of aromatic nitrogens is 3. The molecule has 0 unspecified atom stereocenters. The summed E-state index contributed by atoms with van der Waals surface area (Å²) >= 11 is 3.33. The molecule has 0 aliphatic carbocycles. The van der Waals surface area contributed by atoms with Crippen LogP contribution in [0.5, 0.6) is 11.5 Å². The number of ether oxygens (including phenoxy) is 2. The minimum atomic E-state index is -0.388. The first-order valence-electron chi connectivity index (χ1n) is 5.67. The quantitative estimate of drug-likeness (QED) is 0.889. The van der Waals surface area contributed by atoms with Crippen molar-refractivity contribution in [3.63, 3.8) is 0 Å². The van der Waals surface area contributed by atoms with Crippen LogP contribution in [0.15, 0.2) is 16.6 Å². The zero-order valence-electron chi connectivity index (χ0n) is 11.2. The Morgan fingerprint density at radius 2 is 2.10 bits per heavy atom. The zero-order chi connectivity index (χ0) is 14.7. The lowest BCUT2D eigenvalue weighted by atomic mass is 10.1. The van der Waals surface area contributed by atoms with Crippen LogP contribution in [-0.2, 0) is 0 Å². The Kier molecular flexibility index (Phi) is 4.23. The summed E-state index contributed by atoms with van der Waals surface area (Å²) in [5.74, 6) is 1.37. The summed E-state index contributed by atoms with van der Waals surface area (Å²) in [5.41, 5.74) is 0.321. The number of nitrogens with zero attached hydrogens (tertiary/aromatic N) is 2. The van der Waals surface area contributed by atoms with Crippen molar-refractivity contribution in [1.82, 2.24) is 15.2 Å². The number of carbonyl (C=O) groups is 1. The standard InChI is InChI=1S/C12H13BrN4O3/c1-6-14-12(17-16-6)15-11(18)8-4-7(19-2)5-9(13)10(8)20-3/h4-5H,1-3H3,(H2,14,15,16,17,18). The smallest absolute Gasteiger partial charge is 0.262 e. The van der Waals surface area contributed by atoms with Crippen molar-refractivity contribution in [3.05, 3.63) is 28.0 Å². The van der Waals surface area contributed by atoms with Crippen molar-refractivity contribution >= 4 is 27.8 Å². The SMILES string of the molecule is COc1cc(Br)c(OC)c(C(=O)Nc2n[nH]c(C)n2)c1. The number of amides is 1. The Hall–Kier alpha value is -2.09. The number of aryl methyl sites for hydroxylation is 1. The van der Waals surface area contributed by atoms with Crippen LogP contribution in [0.25, 0.3) is 0 Å². The van der Waals surface area contributed by atoms with Gasteiger partial charge in [0.05, 0.1) is 24.3 Å². The van der Waals surface area contributed by atoms with Gasteiger partial charge in [0.25, 0.3) is 5.91 Å². The average Bonchev–Trinajstić information content (AvgIpc) is 2.83. The first-order chi connectivity index (χ1) is 9.55. The molecule has 0 fully saturated rings. The van der Waals surface area contributed by atoms with Gasteiger partial charge in [-0.25, -0.2) is 0 Å². The van der Waals surface area contributed by atoms with Crippen molar-refractivity contribution in [1.29, 1.82) is 0 Å². The zero-order valence-corrected chi connectivity index (χ0v) is 12.7. The summed E-state index contributed by atoms with van der Waals surface area (Å²) in [7, 11) is 3.01. The molecule has 2 N–H and O–H groups in total. The van der Waals surface area contributed by atoms with E-state index in [0.717, 1.165) is 0 Å². The molecule has 0 radical (unpaired) electrons. The van der Waals surface area contributed by atoms with E-state index < -0.39 is 0 Å². The van der Waals surface area contributed by atoms with Crippen molar-refractivity contribution in [3.8, 4) is 11.5 Å². The highest BCUT2D eigenvalue weighted by Gasteiger charge is 2.18. The van der Waals surface area contributed by atoms with Gasteiger partial charge in [0.15, 0.2) is 0 Å². The first-order valence-corrected chi connectivity index (χ1v) is 6.46. The summed E-state index contributed by atoms with van der Waals surface area (Å²) in [5, 5.41) is 9.08. The van der Waals surface area contributed by atoms with Gasteiger partial charge in [-0.15, -0.1) is 5.10 Å². The molecule has 0 bridgehead atoms. The molecule has 0 atom stereocenters. The second-order valence-electron chi connectivity index (χ2n) is 3.89. The number of carbonyl (C=O) groups excluding carboxylic acids is 1. The maximum absolute atomic E-state index is 12.3. The predicted octanol–water partition coefficient (Wildman–Crippen LogP) is 2.15. The van der Waals surface area contributed by atoms with E-state index in [2.05, 4.69) is 36.4 Å². The third-order valence-corrected chi connectivity index (χ3v) is 3.11. The van der Waals surface area contributed by atoms with Crippen molar-refractivity contribution in [2.45, 2.75) is 6.92 Å². The molecule has 1 aromatic heterocycles. The van der Waals surface area contributed by atoms with E-state index in [9.17, 15) is 4.79 Å². The van der Waals surface area contributed by atoms with Crippen LogP contribution in [0.1, 0.15) is 16.2 Å². The number of H-pyrrole nitrogens is 1. The molecular formula is C12H13BrN4O3. The van der Waals surface area contributed by atoms with E-state index in [1.54, 1.807) is 19.1 Å². The number of nitrogens with one attached hydrogen (secondary N) is 2. The van der Waals surface area contributed by atoms with Gasteiger partial charge in [-0.3, -0.25) is 15.2 Å². The number of anilines is 1. The Morgan fingerprint density at radius 1 is 1.35 bits per heavy atom. The summed E-state index contributed by atoms with van der Waals surface area (Å²) in [6.07, 6.45) is 0.